The summed E-state index contributed by atoms with van der Waals surface area (Å²) in [7, 11) is 0. The first-order valence-corrected chi connectivity index (χ1v) is 6.65. The van der Waals surface area contributed by atoms with Crippen molar-refractivity contribution in [2.24, 2.45) is 0 Å². The second-order valence-corrected chi connectivity index (χ2v) is 5.43. The molecule has 0 aliphatic heterocycles. The largest absolute Gasteiger partial charge is 0.310 e. The van der Waals surface area contributed by atoms with Crippen LogP contribution in [0.25, 0.3) is 10.9 Å². The first-order chi connectivity index (χ1) is 8.49. The molecule has 0 atom stereocenters. The van der Waals surface area contributed by atoms with Gasteiger partial charge in [0.1, 0.15) is 0 Å². The third kappa shape index (κ3) is 2.65. The van der Waals surface area contributed by atoms with Crippen molar-refractivity contribution < 1.29 is 0 Å². The fourth-order valence-electron chi connectivity index (χ4n) is 2.08. The number of hydrogen-bond acceptors (Lipinski definition) is 2. The summed E-state index contributed by atoms with van der Waals surface area (Å²) < 4.78 is 0. The van der Waals surface area contributed by atoms with Gasteiger partial charge >= 0.3 is 0 Å². The van der Waals surface area contributed by atoms with Gasteiger partial charge in [-0.05, 0) is 37.1 Å². The molecule has 0 saturated heterocycles. The third-order valence-corrected chi connectivity index (χ3v) is 3.49. The van der Waals surface area contributed by atoms with Crippen molar-refractivity contribution in [2.45, 2.75) is 40.3 Å². The standard InChI is InChI=1S/C15H19ClN2/c1-9(2)17-8-12-7-10(3)18-15-11(4)14(16)6-5-13(12)15/h5-7,9,17H,8H2,1-4H3. The van der Waals surface area contributed by atoms with Crippen molar-refractivity contribution in [1.82, 2.24) is 10.3 Å². The van der Waals surface area contributed by atoms with Crippen LogP contribution in [0.4, 0.5) is 0 Å². The fourth-order valence-corrected chi connectivity index (χ4v) is 2.23. The molecule has 96 valence electrons. The van der Waals surface area contributed by atoms with E-state index in [0.29, 0.717) is 6.04 Å². The van der Waals surface area contributed by atoms with E-state index < -0.39 is 0 Å². The van der Waals surface area contributed by atoms with E-state index in [2.05, 4.69) is 36.3 Å². The highest BCUT2D eigenvalue weighted by molar-refractivity contribution is 6.32. The molecule has 2 rings (SSSR count). The zero-order chi connectivity index (χ0) is 13.3. The van der Waals surface area contributed by atoms with Gasteiger partial charge in [-0.15, -0.1) is 0 Å². The lowest BCUT2D eigenvalue weighted by Gasteiger charge is -2.13. The molecule has 0 amide bonds. The molecule has 0 fully saturated rings. The quantitative estimate of drug-likeness (QED) is 0.904. The average Bonchev–Trinajstić information content (AvgIpc) is 2.31. The summed E-state index contributed by atoms with van der Waals surface area (Å²) in [5, 5.41) is 5.43. The highest BCUT2D eigenvalue weighted by Crippen LogP contribution is 2.26. The van der Waals surface area contributed by atoms with E-state index in [1.54, 1.807) is 0 Å². The Labute approximate surface area is 113 Å². The summed E-state index contributed by atoms with van der Waals surface area (Å²) >= 11 is 6.16. The van der Waals surface area contributed by atoms with Crippen LogP contribution < -0.4 is 5.32 Å². The first kappa shape index (κ1) is 13.3. The van der Waals surface area contributed by atoms with Gasteiger partial charge in [0.25, 0.3) is 0 Å². The number of hydrogen-bond donors (Lipinski definition) is 1. The predicted octanol–water partition coefficient (Wildman–Crippen LogP) is 4.00. The van der Waals surface area contributed by atoms with Gasteiger partial charge in [0.05, 0.1) is 5.52 Å². The maximum Gasteiger partial charge on any atom is 0.0752 e. The number of aryl methyl sites for hydroxylation is 2. The zero-order valence-corrected chi connectivity index (χ0v) is 12.1. The smallest absolute Gasteiger partial charge is 0.0752 e. The molecule has 0 radical (unpaired) electrons. The van der Waals surface area contributed by atoms with E-state index >= 15 is 0 Å². The van der Waals surface area contributed by atoms with Crippen molar-refractivity contribution in [3.05, 3.63) is 40.0 Å². The Balaban J connectivity index is 2.56. The highest BCUT2D eigenvalue weighted by Gasteiger charge is 2.08. The van der Waals surface area contributed by atoms with E-state index in [-0.39, 0.29) is 0 Å². The molecule has 1 aromatic carbocycles. The van der Waals surface area contributed by atoms with Crippen LogP contribution in [-0.4, -0.2) is 11.0 Å². The predicted molar refractivity (Wildman–Crippen MR) is 78.2 cm³/mol. The summed E-state index contributed by atoms with van der Waals surface area (Å²) in [5.41, 5.74) is 4.39. The van der Waals surface area contributed by atoms with Crippen LogP contribution in [-0.2, 0) is 6.54 Å². The first-order valence-electron chi connectivity index (χ1n) is 6.27. The molecule has 2 aromatic rings. The van der Waals surface area contributed by atoms with E-state index in [0.717, 1.165) is 28.3 Å². The minimum absolute atomic E-state index is 0.474. The number of halogens is 1. The number of nitrogens with one attached hydrogen (secondary N) is 1. The monoisotopic (exact) mass is 262 g/mol. The van der Waals surface area contributed by atoms with Crippen molar-refractivity contribution >= 4 is 22.5 Å². The van der Waals surface area contributed by atoms with E-state index in [1.165, 1.54) is 10.9 Å². The van der Waals surface area contributed by atoms with Crippen molar-refractivity contribution in [3.8, 4) is 0 Å². The van der Waals surface area contributed by atoms with Gasteiger partial charge in [0.2, 0.25) is 0 Å². The number of pyridine rings is 1. The van der Waals surface area contributed by atoms with Crippen molar-refractivity contribution in [3.63, 3.8) is 0 Å². The summed E-state index contributed by atoms with van der Waals surface area (Å²) in [5.74, 6) is 0. The van der Waals surface area contributed by atoms with Gasteiger partial charge < -0.3 is 5.32 Å². The molecule has 18 heavy (non-hydrogen) atoms. The molecule has 0 aliphatic rings. The fraction of sp³-hybridized carbons (Fsp3) is 0.400. The van der Waals surface area contributed by atoms with Gasteiger partial charge in [0, 0.05) is 28.7 Å². The number of fused-ring (bicyclic) bond motifs is 1. The Morgan fingerprint density at radius 2 is 2.00 bits per heavy atom. The van der Waals surface area contributed by atoms with Gasteiger partial charge in [-0.2, -0.15) is 0 Å². The SMILES string of the molecule is Cc1cc(CNC(C)C)c2ccc(Cl)c(C)c2n1. The Morgan fingerprint density at radius 3 is 2.67 bits per heavy atom. The molecule has 2 nitrogen and oxygen atoms in total. The minimum atomic E-state index is 0.474. The normalized spacial score (nSPS) is 11.4. The Hall–Kier alpha value is -1.12. The van der Waals surface area contributed by atoms with Gasteiger partial charge in [-0.3, -0.25) is 4.98 Å². The van der Waals surface area contributed by atoms with Gasteiger partial charge in [-0.25, -0.2) is 0 Å². The second kappa shape index (κ2) is 5.25. The average molecular weight is 263 g/mol. The molecule has 1 aromatic heterocycles. The number of rotatable bonds is 3. The van der Waals surface area contributed by atoms with Crippen LogP contribution in [0.5, 0.6) is 0 Å². The van der Waals surface area contributed by atoms with E-state index in [1.807, 2.05) is 19.9 Å². The van der Waals surface area contributed by atoms with Crippen molar-refractivity contribution in [1.29, 1.82) is 0 Å². The number of benzene rings is 1. The van der Waals surface area contributed by atoms with E-state index in [9.17, 15) is 0 Å². The van der Waals surface area contributed by atoms with Crippen LogP contribution in [0.2, 0.25) is 5.02 Å². The molecule has 1 heterocycles. The van der Waals surface area contributed by atoms with Crippen molar-refractivity contribution in [2.75, 3.05) is 0 Å². The van der Waals surface area contributed by atoms with Crippen LogP contribution in [0.1, 0.15) is 30.7 Å². The molecule has 0 spiro atoms. The number of nitrogens with zero attached hydrogens (tertiary/aromatic N) is 1. The van der Waals surface area contributed by atoms with E-state index in [4.69, 9.17) is 11.6 Å². The van der Waals surface area contributed by atoms with Gasteiger partial charge in [-0.1, -0.05) is 31.5 Å². The maximum absolute atomic E-state index is 6.16. The molecule has 1 N–H and O–H groups in total. The molecule has 3 heteroatoms. The summed E-state index contributed by atoms with van der Waals surface area (Å²) in [4.78, 5) is 4.61. The maximum atomic E-state index is 6.16. The molecule has 0 aliphatic carbocycles. The second-order valence-electron chi connectivity index (χ2n) is 5.03. The minimum Gasteiger partial charge on any atom is -0.310 e. The summed E-state index contributed by atoms with van der Waals surface area (Å²) in [6.07, 6.45) is 0. The third-order valence-electron chi connectivity index (χ3n) is 3.08. The lowest BCUT2D eigenvalue weighted by Crippen LogP contribution is -2.22. The highest BCUT2D eigenvalue weighted by atomic mass is 35.5. The number of aromatic nitrogens is 1. The topological polar surface area (TPSA) is 24.9 Å². The van der Waals surface area contributed by atoms with Crippen LogP contribution in [0, 0.1) is 13.8 Å². The van der Waals surface area contributed by atoms with Crippen LogP contribution >= 0.6 is 11.6 Å². The molecular formula is C15H19ClN2. The Morgan fingerprint density at radius 1 is 1.28 bits per heavy atom. The van der Waals surface area contributed by atoms with Crippen LogP contribution in [0.15, 0.2) is 18.2 Å². The summed E-state index contributed by atoms with van der Waals surface area (Å²) in [6.45, 7) is 9.21. The Bertz CT molecular complexity index is 576. The van der Waals surface area contributed by atoms with Crippen LogP contribution in [0.3, 0.4) is 0 Å². The van der Waals surface area contributed by atoms with Gasteiger partial charge in [0.15, 0.2) is 0 Å². The summed E-state index contributed by atoms with van der Waals surface area (Å²) in [6, 6.07) is 6.64. The Kier molecular flexibility index (Phi) is 3.88. The zero-order valence-electron chi connectivity index (χ0n) is 11.3. The molecule has 0 bridgehead atoms. The molecule has 0 unspecified atom stereocenters. The molecule has 0 saturated carbocycles. The lowest BCUT2D eigenvalue weighted by molar-refractivity contribution is 0.590. The lowest BCUT2D eigenvalue weighted by atomic mass is 10.0. The molecular weight excluding hydrogens is 244 g/mol.